The van der Waals surface area contributed by atoms with E-state index in [2.05, 4.69) is 32.5 Å². The Morgan fingerprint density at radius 3 is 2.77 bits per heavy atom. The third-order valence-electron chi connectivity index (χ3n) is 5.59. The second-order valence-electron chi connectivity index (χ2n) is 7.70. The Morgan fingerprint density at radius 1 is 1.07 bits per heavy atom. The van der Waals surface area contributed by atoms with Gasteiger partial charge in [-0.15, -0.1) is 5.10 Å². The number of para-hydroxylation sites is 1. The third kappa shape index (κ3) is 3.57. The van der Waals surface area contributed by atoms with Crippen LogP contribution in [0.4, 0.5) is 0 Å². The molecule has 0 unspecified atom stereocenters. The smallest absolute Gasteiger partial charge is 0.227 e. The van der Waals surface area contributed by atoms with Gasteiger partial charge in [0.1, 0.15) is 11.4 Å². The Kier molecular flexibility index (Phi) is 4.76. The summed E-state index contributed by atoms with van der Waals surface area (Å²) < 4.78 is 1.72. The first-order valence-electron chi connectivity index (χ1n) is 10.1. The Balaban J connectivity index is 1.35. The van der Waals surface area contributed by atoms with Crippen LogP contribution in [0.25, 0.3) is 28.0 Å². The van der Waals surface area contributed by atoms with Gasteiger partial charge >= 0.3 is 0 Å². The highest BCUT2D eigenvalue weighted by Crippen LogP contribution is 2.24. The van der Waals surface area contributed by atoms with Crippen LogP contribution in [0.1, 0.15) is 5.56 Å². The molecule has 1 aliphatic heterocycles. The van der Waals surface area contributed by atoms with Crippen LogP contribution in [0.15, 0.2) is 54.7 Å². The van der Waals surface area contributed by atoms with Crippen molar-refractivity contribution in [1.82, 2.24) is 35.0 Å². The molecule has 1 saturated heterocycles. The molecular formula is C22H23N7O. The molecule has 1 fully saturated rings. The van der Waals surface area contributed by atoms with Crippen LogP contribution in [0.3, 0.4) is 0 Å². The van der Waals surface area contributed by atoms with Gasteiger partial charge < -0.3 is 9.80 Å². The molecule has 5 rings (SSSR count). The highest BCUT2D eigenvalue weighted by molar-refractivity contribution is 5.91. The third-order valence-corrected chi connectivity index (χ3v) is 5.59. The van der Waals surface area contributed by atoms with Gasteiger partial charge in [-0.25, -0.2) is 4.68 Å². The summed E-state index contributed by atoms with van der Waals surface area (Å²) in [5.41, 5.74) is 4.28. The van der Waals surface area contributed by atoms with Crippen LogP contribution in [-0.2, 0) is 11.2 Å². The van der Waals surface area contributed by atoms with E-state index in [-0.39, 0.29) is 5.91 Å². The van der Waals surface area contributed by atoms with E-state index in [1.54, 1.807) is 4.68 Å². The van der Waals surface area contributed by atoms with Gasteiger partial charge in [0, 0.05) is 31.6 Å². The first-order valence-corrected chi connectivity index (χ1v) is 10.1. The van der Waals surface area contributed by atoms with E-state index in [4.69, 9.17) is 0 Å². The molecule has 30 heavy (non-hydrogen) atoms. The first-order chi connectivity index (χ1) is 14.7. The van der Waals surface area contributed by atoms with Crippen LogP contribution >= 0.6 is 0 Å². The molecule has 0 saturated carbocycles. The number of aromatic amines is 1. The molecule has 152 valence electrons. The zero-order valence-electron chi connectivity index (χ0n) is 16.8. The lowest BCUT2D eigenvalue weighted by atomic mass is 10.1. The second-order valence-corrected chi connectivity index (χ2v) is 7.70. The number of hydrogen-bond acceptors (Lipinski definition) is 5. The predicted molar refractivity (Wildman–Crippen MR) is 114 cm³/mol. The zero-order valence-corrected chi connectivity index (χ0v) is 16.8. The molecule has 3 heterocycles. The van der Waals surface area contributed by atoms with Crippen molar-refractivity contribution in [3.05, 3.63) is 60.3 Å². The van der Waals surface area contributed by atoms with Crippen LogP contribution in [0, 0.1) is 0 Å². The number of H-pyrrole nitrogens is 1. The van der Waals surface area contributed by atoms with Crippen molar-refractivity contribution in [1.29, 1.82) is 0 Å². The average Bonchev–Trinajstić information content (AvgIpc) is 3.41. The highest BCUT2D eigenvalue weighted by atomic mass is 16.2. The van der Waals surface area contributed by atoms with Gasteiger partial charge in [-0.2, -0.15) is 5.10 Å². The van der Waals surface area contributed by atoms with Gasteiger partial charge in [-0.05, 0) is 30.8 Å². The Morgan fingerprint density at radius 2 is 1.90 bits per heavy atom. The maximum absolute atomic E-state index is 12.7. The molecule has 0 spiro atoms. The molecule has 1 amide bonds. The van der Waals surface area contributed by atoms with Crippen molar-refractivity contribution in [3.8, 4) is 17.1 Å². The Labute approximate surface area is 174 Å². The monoisotopic (exact) mass is 401 g/mol. The fraction of sp³-hybridized carbons (Fsp3) is 0.273. The number of piperazine rings is 1. The number of hydrogen-bond donors (Lipinski definition) is 1. The van der Waals surface area contributed by atoms with Crippen molar-refractivity contribution in [2.75, 3.05) is 33.2 Å². The molecular weight excluding hydrogens is 378 g/mol. The summed E-state index contributed by atoms with van der Waals surface area (Å²) in [6.07, 6.45) is 2.26. The number of carbonyl (C=O) groups excluding carboxylic acids is 1. The van der Waals surface area contributed by atoms with Gasteiger partial charge in [-0.3, -0.25) is 9.89 Å². The standard InChI is InChI=1S/C22H23N7O/c1-27-9-11-28(12-10-27)21(30)14-16-5-4-6-17(13-16)29-15-20(24-26-29)22-18-7-2-3-8-19(18)23-25-22/h2-8,13,15H,9-12,14H2,1H3,(H,23,25). The summed E-state index contributed by atoms with van der Waals surface area (Å²) in [5, 5.41) is 17.0. The van der Waals surface area contributed by atoms with Crippen molar-refractivity contribution < 1.29 is 4.79 Å². The van der Waals surface area contributed by atoms with Crippen LogP contribution in [0.5, 0.6) is 0 Å². The van der Waals surface area contributed by atoms with E-state index >= 15 is 0 Å². The van der Waals surface area contributed by atoms with Gasteiger partial charge in [0.15, 0.2) is 0 Å². The van der Waals surface area contributed by atoms with E-state index in [1.165, 1.54) is 0 Å². The lowest BCUT2D eigenvalue weighted by Gasteiger charge is -2.32. The number of nitrogens with zero attached hydrogens (tertiary/aromatic N) is 6. The molecule has 1 N–H and O–H groups in total. The zero-order chi connectivity index (χ0) is 20.5. The SMILES string of the molecule is CN1CCN(C(=O)Cc2cccc(-n3cc(-c4n[nH]c5ccccc45)nn3)c2)CC1. The summed E-state index contributed by atoms with van der Waals surface area (Å²) >= 11 is 0. The fourth-order valence-electron chi connectivity index (χ4n) is 3.81. The number of fused-ring (bicyclic) bond motifs is 1. The van der Waals surface area contributed by atoms with Crippen LogP contribution in [-0.4, -0.2) is 74.1 Å². The van der Waals surface area contributed by atoms with E-state index in [1.807, 2.05) is 59.6 Å². The van der Waals surface area contributed by atoms with Crippen molar-refractivity contribution in [2.45, 2.75) is 6.42 Å². The van der Waals surface area contributed by atoms with E-state index < -0.39 is 0 Å². The lowest BCUT2D eigenvalue weighted by Crippen LogP contribution is -2.47. The average molecular weight is 401 g/mol. The number of benzene rings is 2. The number of aromatic nitrogens is 5. The number of rotatable bonds is 4. The summed E-state index contributed by atoms with van der Waals surface area (Å²) in [5.74, 6) is 0.169. The molecule has 0 atom stereocenters. The highest BCUT2D eigenvalue weighted by Gasteiger charge is 2.19. The molecule has 0 bridgehead atoms. The summed E-state index contributed by atoms with van der Waals surface area (Å²) in [6, 6.07) is 15.8. The number of amides is 1. The minimum atomic E-state index is 0.169. The van der Waals surface area contributed by atoms with Crippen LogP contribution < -0.4 is 0 Å². The minimum absolute atomic E-state index is 0.169. The summed E-state index contributed by atoms with van der Waals surface area (Å²) in [7, 11) is 2.09. The van der Waals surface area contributed by atoms with Crippen LogP contribution in [0.2, 0.25) is 0 Å². The maximum atomic E-state index is 12.7. The Bertz CT molecular complexity index is 1190. The molecule has 8 heteroatoms. The van der Waals surface area contributed by atoms with E-state index in [0.717, 1.165) is 54.0 Å². The molecule has 4 aromatic rings. The van der Waals surface area contributed by atoms with Gasteiger partial charge in [0.2, 0.25) is 5.91 Å². The molecule has 0 aliphatic carbocycles. The van der Waals surface area contributed by atoms with Crippen molar-refractivity contribution >= 4 is 16.8 Å². The fourth-order valence-corrected chi connectivity index (χ4v) is 3.81. The summed E-state index contributed by atoms with van der Waals surface area (Å²) in [6.45, 7) is 3.43. The van der Waals surface area contributed by atoms with Crippen molar-refractivity contribution in [3.63, 3.8) is 0 Å². The summed E-state index contributed by atoms with van der Waals surface area (Å²) in [4.78, 5) is 16.9. The van der Waals surface area contributed by atoms with E-state index in [0.29, 0.717) is 12.1 Å². The molecule has 1 aliphatic rings. The predicted octanol–water partition coefficient (Wildman–Crippen LogP) is 2.13. The molecule has 2 aromatic carbocycles. The van der Waals surface area contributed by atoms with E-state index in [9.17, 15) is 4.79 Å². The largest absolute Gasteiger partial charge is 0.340 e. The second kappa shape index (κ2) is 7.72. The number of likely N-dealkylation sites (N-methyl/N-ethyl adjacent to an activating group) is 1. The van der Waals surface area contributed by atoms with Gasteiger partial charge in [-0.1, -0.05) is 35.5 Å². The number of carbonyl (C=O) groups is 1. The van der Waals surface area contributed by atoms with Gasteiger partial charge in [0.05, 0.1) is 23.8 Å². The maximum Gasteiger partial charge on any atom is 0.227 e. The normalized spacial score (nSPS) is 15.0. The molecule has 0 radical (unpaired) electrons. The molecule has 2 aromatic heterocycles. The Hall–Kier alpha value is -3.52. The topological polar surface area (TPSA) is 82.9 Å². The lowest BCUT2D eigenvalue weighted by molar-refractivity contribution is -0.132. The molecule has 8 nitrogen and oxygen atoms in total. The number of nitrogens with one attached hydrogen (secondary N) is 1. The van der Waals surface area contributed by atoms with Gasteiger partial charge in [0.25, 0.3) is 0 Å². The first kappa shape index (κ1) is 18.5. The quantitative estimate of drug-likeness (QED) is 0.566. The minimum Gasteiger partial charge on any atom is -0.340 e. The van der Waals surface area contributed by atoms with Crippen molar-refractivity contribution in [2.24, 2.45) is 0 Å².